The van der Waals surface area contributed by atoms with E-state index < -0.39 is 0 Å². The molecule has 1 aromatic heterocycles. The summed E-state index contributed by atoms with van der Waals surface area (Å²) in [5.41, 5.74) is 3.85. The zero-order valence-electron chi connectivity index (χ0n) is 11.7. The number of hydrogen-bond donors (Lipinski definition) is 0. The molecule has 1 aromatic carbocycles. The van der Waals surface area contributed by atoms with Crippen LogP contribution in [0, 0.1) is 11.6 Å². The van der Waals surface area contributed by atoms with E-state index in [-0.39, 0.29) is 17.6 Å². The van der Waals surface area contributed by atoms with Crippen molar-refractivity contribution in [2.24, 2.45) is 0 Å². The first-order chi connectivity index (χ1) is 9.63. The molecular weight excluding hydrogens is 256 g/mol. The van der Waals surface area contributed by atoms with Crippen LogP contribution >= 0.6 is 0 Å². The van der Waals surface area contributed by atoms with Crippen molar-refractivity contribution in [3.8, 4) is 11.1 Å². The van der Waals surface area contributed by atoms with Gasteiger partial charge in [0, 0.05) is 23.0 Å². The van der Waals surface area contributed by atoms with Crippen molar-refractivity contribution in [1.82, 2.24) is 4.98 Å². The summed E-state index contributed by atoms with van der Waals surface area (Å²) < 4.78 is 28.3. The van der Waals surface area contributed by atoms with Gasteiger partial charge in [0.15, 0.2) is 0 Å². The van der Waals surface area contributed by atoms with Crippen molar-refractivity contribution in [3.63, 3.8) is 0 Å². The largest absolute Gasteiger partial charge is 0.261 e. The van der Waals surface area contributed by atoms with Gasteiger partial charge < -0.3 is 0 Å². The molecule has 1 nitrogen and oxygen atoms in total. The Morgan fingerprint density at radius 3 is 2.70 bits per heavy atom. The fourth-order valence-electron chi connectivity index (χ4n) is 3.18. The monoisotopic (exact) mass is 273 g/mol. The van der Waals surface area contributed by atoms with Gasteiger partial charge in [0.2, 0.25) is 0 Å². The van der Waals surface area contributed by atoms with Crippen LogP contribution in [0.2, 0.25) is 0 Å². The van der Waals surface area contributed by atoms with Crippen LogP contribution in [0.5, 0.6) is 0 Å². The van der Waals surface area contributed by atoms with Crippen molar-refractivity contribution in [2.45, 2.75) is 39.0 Å². The summed E-state index contributed by atoms with van der Waals surface area (Å²) in [4.78, 5) is 4.43. The summed E-state index contributed by atoms with van der Waals surface area (Å²) in [7, 11) is 0. The SMILES string of the molecule is CCCc1nccc2c1C[C@@H](C)c1c(F)ccc(F)c1-2. The van der Waals surface area contributed by atoms with Crippen LogP contribution in [-0.2, 0) is 12.8 Å². The van der Waals surface area contributed by atoms with E-state index in [1.54, 1.807) is 6.20 Å². The third-order valence-electron chi connectivity index (χ3n) is 4.05. The number of nitrogens with zero attached hydrogens (tertiary/aromatic N) is 1. The highest BCUT2D eigenvalue weighted by Gasteiger charge is 2.29. The molecule has 3 heteroatoms. The highest BCUT2D eigenvalue weighted by atomic mass is 19.1. The van der Waals surface area contributed by atoms with Gasteiger partial charge in [-0.1, -0.05) is 20.3 Å². The highest BCUT2D eigenvalue weighted by Crippen LogP contribution is 2.42. The molecule has 1 aliphatic rings. The second-order valence-corrected chi connectivity index (χ2v) is 5.46. The summed E-state index contributed by atoms with van der Waals surface area (Å²) in [6.45, 7) is 4.05. The average Bonchev–Trinajstić information content (AvgIpc) is 2.43. The molecule has 0 saturated carbocycles. The zero-order valence-corrected chi connectivity index (χ0v) is 11.7. The van der Waals surface area contributed by atoms with E-state index >= 15 is 0 Å². The minimum absolute atomic E-state index is 0.0204. The van der Waals surface area contributed by atoms with Crippen LogP contribution < -0.4 is 0 Å². The summed E-state index contributed by atoms with van der Waals surface area (Å²) >= 11 is 0. The molecule has 1 heterocycles. The van der Waals surface area contributed by atoms with E-state index in [0.29, 0.717) is 11.1 Å². The number of rotatable bonds is 2. The highest BCUT2D eigenvalue weighted by molar-refractivity contribution is 5.75. The van der Waals surface area contributed by atoms with E-state index in [0.717, 1.165) is 36.1 Å². The van der Waals surface area contributed by atoms with Gasteiger partial charge in [0.25, 0.3) is 0 Å². The maximum Gasteiger partial charge on any atom is 0.131 e. The van der Waals surface area contributed by atoms with Crippen molar-refractivity contribution in [2.75, 3.05) is 0 Å². The molecule has 0 spiro atoms. The first kappa shape index (κ1) is 13.2. The van der Waals surface area contributed by atoms with E-state index in [9.17, 15) is 8.78 Å². The quantitative estimate of drug-likeness (QED) is 0.776. The number of aromatic nitrogens is 1. The first-order valence-corrected chi connectivity index (χ1v) is 7.08. The van der Waals surface area contributed by atoms with Gasteiger partial charge in [-0.3, -0.25) is 4.98 Å². The fourth-order valence-corrected chi connectivity index (χ4v) is 3.18. The normalized spacial score (nSPS) is 16.7. The molecule has 0 aliphatic heterocycles. The van der Waals surface area contributed by atoms with Crippen molar-refractivity contribution >= 4 is 0 Å². The molecule has 0 fully saturated rings. The number of hydrogen-bond acceptors (Lipinski definition) is 1. The van der Waals surface area contributed by atoms with Crippen LogP contribution in [0.25, 0.3) is 11.1 Å². The summed E-state index contributed by atoms with van der Waals surface area (Å²) in [6.07, 6.45) is 4.30. The molecule has 1 aliphatic carbocycles. The Balaban J connectivity index is 2.29. The third-order valence-corrected chi connectivity index (χ3v) is 4.05. The molecule has 20 heavy (non-hydrogen) atoms. The van der Waals surface area contributed by atoms with Gasteiger partial charge in [-0.2, -0.15) is 0 Å². The van der Waals surface area contributed by atoms with Crippen LogP contribution in [-0.4, -0.2) is 4.98 Å². The molecule has 0 amide bonds. The number of pyridine rings is 1. The Morgan fingerprint density at radius 1 is 1.20 bits per heavy atom. The van der Waals surface area contributed by atoms with E-state index in [1.807, 2.05) is 13.0 Å². The van der Waals surface area contributed by atoms with Crippen LogP contribution in [0.15, 0.2) is 24.4 Å². The summed E-state index contributed by atoms with van der Waals surface area (Å²) in [5, 5.41) is 0. The van der Waals surface area contributed by atoms with Gasteiger partial charge in [0.1, 0.15) is 11.6 Å². The third kappa shape index (κ3) is 1.92. The molecule has 0 N–H and O–H groups in total. The standard InChI is InChI=1S/C17H17F2N/c1-3-4-15-12-9-10(2)16-13(18)5-6-14(19)17(16)11(12)7-8-20-15/h5-8,10H,3-4,9H2,1-2H3/t10-/m1/s1. The van der Waals surface area contributed by atoms with Crippen LogP contribution in [0.4, 0.5) is 8.78 Å². The lowest BCUT2D eigenvalue weighted by Gasteiger charge is -2.27. The second-order valence-electron chi connectivity index (χ2n) is 5.46. The Hall–Kier alpha value is -1.77. The lowest BCUT2D eigenvalue weighted by Crippen LogP contribution is -2.15. The smallest absolute Gasteiger partial charge is 0.131 e. The maximum atomic E-state index is 14.2. The fraction of sp³-hybridized carbons (Fsp3) is 0.353. The topological polar surface area (TPSA) is 12.9 Å². The lowest BCUT2D eigenvalue weighted by atomic mass is 9.78. The zero-order chi connectivity index (χ0) is 14.3. The van der Waals surface area contributed by atoms with Gasteiger partial charge >= 0.3 is 0 Å². The van der Waals surface area contributed by atoms with Crippen molar-refractivity contribution < 1.29 is 8.78 Å². The van der Waals surface area contributed by atoms with Gasteiger partial charge in [-0.25, -0.2) is 8.78 Å². The molecule has 104 valence electrons. The minimum Gasteiger partial charge on any atom is -0.261 e. The molecule has 1 atom stereocenters. The predicted octanol–water partition coefficient (Wildman–Crippen LogP) is 4.64. The summed E-state index contributed by atoms with van der Waals surface area (Å²) in [5.74, 6) is -0.677. The first-order valence-electron chi connectivity index (χ1n) is 7.08. The Labute approximate surface area is 117 Å². The molecule has 0 radical (unpaired) electrons. The molecule has 0 bridgehead atoms. The van der Waals surface area contributed by atoms with Crippen molar-refractivity contribution in [1.29, 1.82) is 0 Å². The minimum atomic E-state index is -0.345. The predicted molar refractivity (Wildman–Crippen MR) is 75.7 cm³/mol. The molecule has 2 aromatic rings. The molecule has 0 unspecified atom stereocenters. The molecular formula is C17H17F2N. The van der Waals surface area contributed by atoms with E-state index in [2.05, 4.69) is 11.9 Å². The maximum absolute atomic E-state index is 14.2. The van der Waals surface area contributed by atoms with Gasteiger partial charge in [-0.15, -0.1) is 0 Å². The average molecular weight is 273 g/mol. The second kappa shape index (κ2) is 4.97. The van der Waals surface area contributed by atoms with Crippen molar-refractivity contribution in [3.05, 3.63) is 52.9 Å². The molecule has 0 saturated heterocycles. The van der Waals surface area contributed by atoms with Gasteiger partial charge in [0.05, 0.1) is 0 Å². The number of fused-ring (bicyclic) bond motifs is 3. The Bertz CT molecular complexity index is 664. The number of aryl methyl sites for hydroxylation is 1. The van der Waals surface area contributed by atoms with Gasteiger partial charge in [-0.05, 0) is 48.1 Å². The molecule has 3 rings (SSSR count). The lowest BCUT2D eigenvalue weighted by molar-refractivity contribution is 0.564. The summed E-state index contributed by atoms with van der Waals surface area (Å²) in [6, 6.07) is 4.25. The Morgan fingerprint density at radius 2 is 1.95 bits per heavy atom. The Kier molecular flexibility index (Phi) is 3.28. The van der Waals surface area contributed by atoms with E-state index in [1.165, 1.54) is 12.1 Å². The van der Waals surface area contributed by atoms with Crippen LogP contribution in [0.1, 0.15) is 43.0 Å². The number of halogens is 2. The van der Waals surface area contributed by atoms with E-state index in [4.69, 9.17) is 0 Å². The van der Waals surface area contributed by atoms with Crippen LogP contribution in [0.3, 0.4) is 0 Å². The number of benzene rings is 1.